The molecule has 0 aliphatic carbocycles. The molecule has 1 saturated heterocycles. The molecule has 1 N–H and O–H groups in total. The van der Waals surface area contributed by atoms with E-state index in [0.29, 0.717) is 44.6 Å². The van der Waals surface area contributed by atoms with E-state index in [2.05, 4.69) is 10.3 Å². The van der Waals surface area contributed by atoms with E-state index in [-0.39, 0.29) is 5.91 Å². The Morgan fingerprint density at radius 1 is 1.15 bits per heavy atom. The predicted molar refractivity (Wildman–Crippen MR) is 122 cm³/mol. The van der Waals surface area contributed by atoms with E-state index in [1.165, 1.54) is 6.07 Å². The fraction of sp³-hybridized carbons (Fsp3) is 0.360. The molecule has 1 aromatic heterocycles. The van der Waals surface area contributed by atoms with Crippen LogP contribution in [0, 0.1) is 6.92 Å². The van der Waals surface area contributed by atoms with Crippen molar-refractivity contribution < 1.29 is 22.7 Å². The van der Waals surface area contributed by atoms with Gasteiger partial charge in [-0.15, -0.1) is 11.3 Å². The molecule has 4 nitrogen and oxygen atoms in total. The zero-order chi connectivity index (χ0) is 23.5. The summed E-state index contributed by atoms with van der Waals surface area (Å²) in [4.78, 5) is 17.7. The number of ether oxygens (including phenoxy) is 1. The van der Waals surface area contributed by atoms with Crippen LogP contribution in [0.1, 0.15) is 34.5 Å². The third kappa shape index (κ3) is 5.28. The Bertz CT molecular complexity index is 1100. The van der Waals surface area contributed by atoms with Gasteiger partial charge in [0.1, 0.15) is 0 Å². The molecule has 1 amide bonds. The van der Waals surface area contributed by atoms with E-state index < -0.39 is 17.2 Å². The minimum absolute atomic E-state index is 0.250. The number of hydrogen-bond acceptors (Lipinski definition) is 4. The fourth-order valence-electron chi connectivity index (χ4n) is 4.19. The second-order valence-electron chi connectivity index (χ2n) is 8.23. The van der Waals surface area contributed by atoms with Crippen LogP contribution in [-0.2, 0) is 27.5 Å². The van der Waals surface area contributed by atoms with Crippen LogP contribution < -0.4 is 5.32 Å². The van der Waals surface area contributed by atoms with E-state index in [1.807, 2.05) is 36.6 Å². The molecule has 2 heterocycles. The number of benzene rings is 2. The van der Waals surface area contributed by atoms with Gasteiger partial charge in [-0.1, -0.05) is 42.5 Å². The molecule has 2 aromatic carbocycles. The highest BCUT2D eigenvalue weighted by molar-refractivity contribution is 7.09. The molecule has 0 unspecified atom stereocenters. The molecule has 174 valence electrons. The number of carbonyl (C=O) groups excluding carboxylic acids is 1. The summed E-state index contributed by atoms with van der Waals surface area (Å²) in [5, 5.41) is 5.99. The van der Waals surface area contributed by atoms with E-state index in [0.717, 1.165) is 34.0 Å². The van der Waals surface area contributed by atoms with E-state index in [1.54, 1.807) is 17.4 Å². The third-order valence-electron chi connectivity index (χ3n) is 6.09. The lowest BCUT2D eigenvalue weighted by Gasteiger charge is -2.36. The van der Waals surface area contributed by atoms with Crippen molar-refractivity contribution in [3.63, 3.8) is 0 Å². The average molecular weight is 475 g/mol. The van der Waals surface area contributed by atoms with Crippen LogP contribution in [0.3, 0.4) is 0 Å². The van der Waals surface area contributed by atoms with Crippen LogP contribution in [0.15, 0.2) is 53.9 Å². The highest BCUT2D eigenvalue weighted by Gasteiger charge is 2.42. The number of nitrogens with zero attached hydrogens (tertiary/aromatic N) is 1. The zero-order valence-corrected chi connectivity index (χ0v) is 19.1. The highest BCUT2D eigenvalue weighted by Crippen LogP contribution is 2.38. The topological polar surface area (TPSA) is 51.2 Å². The van der Waals surface area contributed by atoms with Gasteiger partial charge in [-0.2, -0.15) is 13.2 Å². The summed E-state index contributed by atoms with van der Waals surface area (Å²) in [5.74, 6) is -0.250. The number of rotatable bonds is 6. The van der Waals surface area contributed by atoms with Gasteiger partial charge in [0.2, 0.25) is 5.91 Å². The smallest absolute Gasteiger partial charge is 0.381 e. The standard InChI is InChI=1S/C25H25F3N2O2S/c1-17-30-22(16-33-17)19-7-5-18(6-8-19)9-12-29-23(31)24(10-13-32-14-11-24)20-3-2-4-21(15-20)25(26,27)28/h2-8,15-16H,9-14H2,1H3,(H,29,31). The molecule has 0 radical (unpaired) electrons. The van der Waals surface area contributed by atoms with Gasteiger partial charge in [-0.3, -0.25) is 4.79 Å². The molecule has 1 aliphatic heterocycles. The molecular weight excluding hydrogens is 449 g/mol. The molecule has 0 saturated carbocycles. The summed E-state index contributed by atoms with van der Waals surface area (Å²) in [6.07, 6.45) is -3.14. The fourth-order valence-corrected chi connectivity index (χ4v) is 4.81. The quantitative estimate of drug-likeness (QED) is 0.510. The molecule has 8 heteroatoms. The van der Waals surface area contributed by atoms with Crippen molar-refractivity contribution in [3.8, 4) is 11.3 Å². The molecule has 1 aliphatic rings. The highest BCUT2D eigenvalue weighted by atomic mass is 32.1. The van der Waals surface area contributed by atoms with Gasteiger partial charge in [0, 0.05) is 30.7 Å². The van der Waals surface area contributed by atoms with Gasteiger partial charge in [0.05, 0.1) is 21.7 Å². The van der Waals surface area contributed by atoms with Crippen LogP contribution >= 0.6 is 11.3 Å². The molecule has 0 spiro atoms. The second-order valence-corrected chi connectivity index (χ2v) is 9.29. The van der Waals surface area contributed by atoms with E-state index >= 15 is 0 Å². The number of aryl methyl sites for hydroxylation is 1. The zero-order valence-electron chi connectivity index (χ0n) is 18.2. The van der Waals surface area contributed by atoms with Crippen molar-refractivity contribution in [2.75, 3.05) is 19.8 Å². The van der Waals surface area contributed by atoms with Gasteiger partial charge in [-0.05, 0) is 43.4 Å². The van der Waals surface area contributed by atoms with Crippen molar-refractivity contribution in [2.45, 2.75) is 37.8 Å². The molecule has 0 atom stereocenters. The Labute approximate surface area is 194 Å². The van der Waals surface area contributed by atoms with Crippen molar-refractivity contribution >= 4 is 17.2 Å². The van der Waals surface area contributed by atoms with Crippen LogP contribution in [0.4, 0.5) is 13.2 Å². The van der Waals surface area contributed by atoms with Crippen molar-refractivity contribution in [3.05, 3.63) is 75.6 Å². The Kier molecular flexibility index (Phi) is 6.86. The average Bonchev–Trinajstić information content (AvgIpc) is 3.25. The van der Waals surface area contributed by atoms with Gasteiger partial charge in [0.15, 0.2) is 0 Å². The maximum atomic E-state index is 13.3. The largest absolute Gasteiger partial charge is 0.416 e. The number of carbonyl (C=O) groups is 1. The van der Waals surface area contributed by atoms with Crippen molar-refractivity contribution in [2.24, 2.45) is 0 Å². The number of amides is 1. The minimum atomic E-state index is -4.46. The first kappa shape index (κ1) is 23.4. The maximum absolute atomic E-state index is 13.3. The van der Waals surface area contributed by atoms with Crippen LogP contribution in [0.25, 0.3) is 11.3 Å². The van der Waals surface area contributed by atoms with Gasteiger partial charge in [-0.25, -0.2) is 4.98 Å². The summed E-state index contributed by atoms with van der Waals surface area (Å²) >= 11 is 1.60. The Morgan fingerprint density at radius 2 is 1.88 bits per heavy atom. The van der Waals surface area contributed by atoms with Crippen LogP contribution in [0.5, 0.6) is 0 Å². The monoisotopic (exact) mass is 474 g/mol. The summed E-state index contributed by atoms with van der Waals surface area (Å²) in [6.45, 7) is 3.04. The van der Waals surface area contributed by atoms with Gasteiger partial charge < -0.3 is 10.1 Å². The Morgan fingerprint density at radius 3 is 2.52 bits per heavy atom. The number of thiazole rings is 1. The molecule has 33 heavy (non-hydrogen) atoms. The minimum Gasteiger partial charge on any atom is -0.381 e. The number of hydrogen-bond donors (Lipinski definition) is 1. The Balaban J connectivity index is 1.44. The van der Waals surface area contributed by atoms with E-state index in [4.69, 9.17) is 4.74 Å². The first-order chi connectivity index (χ1) is 15.8. The molecule has 1 fully saturated rings. The summed E-state index contributed by atoms with van der Waals surface area (Å²) in [5.41, 5.74) is 1.67. The second kappa shape index (κ2) is 9.65. The summed E-state index contributed by atoms with van der Waals surface area (Å²) in [7, 11) is 0. The van der Waals surface area contributed by atoms with Gasteiger partial charge in [0.25, 0.3) is 0 Å². The van der Waals surface area contributed by atoms with Crippen molar-refractivity contribution in [1.82, 2.24) is 10.3 Å². The maximum Gasteiger partial charge on any atom is 0.416 e. The first-order valence-corrected chi connectivity index (χ1v) is 11.7. The summed E-state index contributed by atoms with van der Waals surface area (Å²) < 4.78 is 45.2. The number of halogens is 3. The third-order valence-corrected chi connectivity index (χ3v) is 6.86. The lowest BCUT2D eigenvalue weighted by Crippen LogP contribution is -2.48. The van der Waals surface area contributed by atoms with Crippen molar-refractivity contribution in [1.29, 1.82) is 0 Å². The Hall–Kier alpha value is -2.71. The van der Waals surface area contributed by atoms with Crippen LogP contribution in [0.2, 0.25) is 0 Å². The predicted octanol–water partition coefficient (Wildman–Crippen LogP) is 5.54. The number of aromatic nitrogens is 1. The lowest BCUT2D eigenvalue weighted by atomic mass is 9.73. The van der Waals surface area contributed by atoms with Gasteiger partial charge >= 0.3 is 6.18 Å². The normalized spacial score (nSPS) is 15.9. The molecule has 3 aromatic rings. The van der Waals surface area contributed by atoms with Crippen LogP contribution in [-0.4, -0.2) is 30.6 Å². The first-order valence-electron chi connectivity index (χ1n) is 10.8. The molecule has 0 bridgehead atoms. The number of alkyl halides is 3. The van der Waals surface area contributed by atoms with E-state index in [9.17, 15) is 18.0 Å². The SMILES string of the molecule is Cc1nc(-c2ccc(CCNC(=O)C3(c4cccc(C(F)(F)F)c4)CCOCC3)cc2)cs1. The molecule has 4 rings (SSSR count). The number of nitrogens with one attached hydrogen (secondary N) is 1. The molecular formula is C25H25F3N2O2S. The summed E-state index contributed by atoms with van der Waals surface area (Å²) in [6, 6.07) is 13.1. The lowest BCUT2D eigenvalue weighted by molar-refractivity contribution is -0.138.